The summed E-state index contributed by atoms with van der Waals surface area (Å²) >= 11 is 6.28. The first-order chi connectivity index (χ1) is 21.4. The fourth-order valence-electron chi connectivity index (χ4n) is 4.78. The minimum absolute atomic E-state index is 0.00612. The monoisotopic (exact) mass is 649 g/mol. The number of rotatable bonds is 13. The Labute approximate surface area is 269 Å². The molecule has 0 saturated heterocycles. The van der Waals surface area contributed by atoms with E-state index in [9.17, 15) is 22.4 Å². The van der Waals surface area contributed by atoms with Crippen molar-refractivity contribution in [3.05, 3.63) is 131 Å². The van der Waals surface area contributed by atoms with E-state index in [1.807, 2.05) is 51.1 Å². The van der Waals surface area contributed by atoms with Gasteiger partial charge in [-0.1, -0.05) is 85.6 Å². The number of nitrogens with one attached hydrogen (secondary N) is 1. The van der Waals surface area contributed by atoms with Crippen molar-refractivity contribution in [1.29, 1.82) is 0 Å². The first kappa shape index (κ1) is 33.7. The van der Waals surface area contributed by atoms with Gasteiger partial charge in [-0.2, -0.15) is 0 Å². The van der Waals surface area contributed by atoms with E-state index in [0.29, 0.717) is 17.1 Å². The molecule has 0 bridgehead atoms. The SMILES string of the molecule is Cc1ccc(S(=O)(=O)N(CC(=O)N(Cc2cccc(Cl)c2)[C@@H](Cc2ccccc2)C(=O)NCC(C)C)c2ccc(F)cc2)cc1. The lowest BCUT2D eigenvalue weighted by Gasteiger charge is -2.34. The molecule has 0 unspecified atom stereocenters. The third-order valence-corrected chi connectivity index (χ3v) is 9.22. The summed E-state index contributed by atoms with van der Waals surface area (Å²) in [4.78, 5) is 29.6. The maximum Gasteiger partial charge on any atom is 0.264 e. The number of anilines is 1. The van der Waals surface area contributed by atoms with Crippen molar-refractivity contribution in [3.63, 3.8) is 0 Å². The molecule has 0 heterocycles. The van der Waals surface area contributed by atoms with Crippen LogP contribution in [0.3, 0.4) is 0 Å². The number of amides is 2. The first-order valence-corrected chi connectivity index (χ1v) is 16.5. The number of carbonyl (C=O) groups excluding carboxylic acids is 2. The molecule has 236 valence electrons. The van der Waals surface area contributed by atoms with Crippen molar-refractivity contribution >= 4 is 39.1 Å². The highest BCUT2D eigenvalue weighted by molar-refractivity contribution is 7.92. The largest absolute Gasteiger partial charge is 0.354 e. The predicted molar refractivity (Wildman–Crippen MR) is 176 cm³/mol. The Morgan fingerprint density at radius 1 is 0.867 bits per heavy atom. The Morgan fingerprint density at radius 3 is 2.13 bits per heavy atom. The molecule has 2 amide bonds. The van der Waals surface area contributed by atoms with E-state index in [0.717, 1.165) is 27.6 Å². The van der Waals surface area contributed by atoms with E-state index in [-0.39, 0.29) is 35.4 Å². The average Bonchev–Trinajstić information content (AvgIpc) is 3.01. The maximum atomic E-state index is 14.4. The Hall–Kier alpha value is -4.21. The molecule has 0 aliphatic heterocycles. The molecule has 0 radical (unpaired) electrons. The van der Waals surface area contributed by atoms with Crippen LogP contribution in [0.15, 0.2) is 108 Å². The van der Waals surface area contributed by atoms with E-state index in [4.69, 9.17) is 11.6 Å². The normalized spacial score (nSPS) is 12.0. The fraction of sp³-hybridized carbons (Fsp3) is 0.257. The van der Waals surface area contributed by atoms with Gasteiger partial charge in [-0.05, 0) is 72.5 Å². The fourth-order valence-corrected chi connectivity index (χ4v) is 6.41. The van der Waals surface area contributed by atoms with Crippen molar-refractivity contribution in [2.45, 2.75) is 44.7 Å². The number of benzene rings is 4. The second-order valence-electron chi connectivity index (χ2n) is 11.3. The minimum atomic E-state index is -4.28. The topological polar surface area (TPSA) is 86.8 Å². The molecule has 0 aromatic heterocycles. The number of nitrogens with zero attached hydrogens (tertiary/aromatic N) is 2. The zero-order chi connectivity index (χ0) is 32.6. The van der Waals surface area contributed by atoms with Crippen LogP contribution in [0.5, 0.6) is 0 Å². The second kappa shape index (κ2) is 15.2. The molecule has 45 heavy (non-hydrogen) atoms. The molecule has 0 fully saturated rings. The first-order valence-electron chi connectivity index (χ1n) is 14.6. The predicted octanol–water partition coefficient (Wildman–Crippen LogP) is 6.40. The number of halogens is 2. The molecule has 4 aromatic rings. The highest BCUT2D eigenvalue weighted by Gasteiger charge is 2.34. The summed E-state index contributed by atoms with van der Waals surface area (Å²) in [6.07, 6.45) is 0.193. The van der Waals surface area contributed by atoms with Gasteiger partial charge in [0.15, 0.2) is 0 Å². The van der Waals surface area contributed by atoms with Crippen molar-refractivity contribution < 1.29 is 22.4 Å². The van der Waals surface area contributed by atoms with E-state index in [1.54, 1.807) is 36.4 Å². The van der Waals surface area contributed by atoms with E-state index in [1.165, 1.54) is 29.2 Å². The van der Waals surface area contributed by atoms with Crippen LogP contribution >= 0.6 is 11.6 Å². The van der Waals surface area contributed by atoms with Crippen LogP contribution in [-0.2, 0) is 32.6 Å². The molecular weight excluding hydrogens is 613 g/mol. The van der Waals surface area contributed by atoms with Gasteiger partial charge >= 0.3 is 0 Å². The van der Waals surface area contributed by atoms with Gasteiger partial charge in [-0.3, -0.25) is 13.9 Å². The van der Waals surface area contributed by atoms with Crippen molar-refractivity contribution in [2.75, 3.05) is 17.4 Å². The van der Waals surface area contributed by atoms with Crippen LogP contribution in [0.4, 0.5) is 10.1 Å². The number of sulfonamides is 1. The maximum absolute atomic E-state index is 14.4. The molecule has 1 atom stereocenters. The van der Waals surface area contributed by atoms with Crippen LogP contribution in [0.2, 0.25) is 5.02 Å². The lowest BCUT2D eigenvalue weighted by molar-refractivity contribution is -0.140. The van der Waals surface area contributed by atoms with Crippen LogP contribution in [-0.4, -0.2) is 44.3 Å². The Bertz CT molecular complexity index is 1700. The molecule has 4 aromatic carbocycles. The van der Waals surface area contributed by atoms with Gasteiger partial charge in [0, 0.05) is 24.5 Å². The highest BCUT2D eigenvalue weighted by Crippen LogP contribution is 2.26. The number of carbonyl (C=O) groups is 2. The molecule has 10 heteroatoms. The molecule has 7 nitrogen and oxygen atoms in total. The van der Waals surface area contributed by atoms with Gasteiger partial charge in [0.05, 0.1) is 10.6 Å². The van der Waals surface area contributed by atoms with Crippen LogP contribution in [0, 0.1) is 18.7 Å². The summed E-state index contributed by atoms with van der Waals surface area (Å²) in [6.45, 7) is 5.53. The van der Waals surface area contributed by atoms with Crippen LogP contribution in [0.25, 0.3) is 0 Å². The summed E-state index contributed by atoms with van der Waals surface area (Å²) in [7, 11) is -4.28. The summed E-state index contributed by atoms with van der Waals surface area (Å²) in [5, 5.41) is 3.41. The van der Waals surface area contributed by atoms with Gasteiger partial charge in [-0.25, -0.2) is 12.8 Å². The molecule has 0 aliphatic carbocycles. The Morgan fingerprint density at radius 2 is 1.51 bits per heavy atom. The van der Waals surface area contributed by atoms with Gasteiger partial charge in [0.1, 0.15) is 18.4 Å². The lowest BCUT2D eigenvalue weighted by atomic mass is 10.0. The zero-order valence-corrected chi connectivity index (χ0v) is 27.1. The molecule has 4 rings (SSSR count). The summed E-state index contributed by atoms with van der Waals surface area (Å²) in [5.74, 6) is -1.37. The molecule has 1 N–H and O–H groups in total. The molecular formula is C35H37ClFN3O4S. The Balaban J connectivity index is 1.79. The van der Waals surface area contributed by atoms with Gasteiger partial charge in [0.25, 0.3) is 10.0 Å². The van der Waals surface area contributed by atoms with E-state index < -0.39 is 34.3 Å². The van der Waals surface area contributed by atoms with Crippen LogP contribution < -0.4 is 9.62 Å². The van der Waals surface area contributed by atoms with Crippen molar-refractivity contribution in [1.82, 2.24) is 10.2 Å². The van der Waals surface area contributed by atoms with Crippen LogP contribution in [0.1, 0.15) is 30.5 Å². The van der Waals surface area contributed by atoms with Crippen molar-refractivity contribution in [2.24, 2.45) is 5.92 Å². The average molecular weight is 650 g/mol. The van der Waals surface area contributed by atoms with Gasteiger partial charge in [-0.15, -0.1) is 0 Å². The number of aryl methyl sites for hydroxylation is 1. The molecule has 0 aliphatic rings. The summed E-state index contributed by atoms with van der Waals surface area (Å²) in [5.41, 5.74) is 2.47. The Kier molecular flexibility index (Phi) is 11.4. The molecule has 0 saturated carbocycles. The number of hydrogen-bond acceptors (Lipinski definition) is 4. The summed E-state index contributed by atoms with van der Waals surface area (Å²) in [6, 6.07) is 26.4. The van der Waals surface area contributed by atoms with Crippen molar-refractivity contribution in [3.8, 4) is 0 Å². The van der Waals surface area contributed by atoms with E-state index >= 15 is 0 Å². The summed E-state index contributed by atoms with van der Waals surface area (Å²) < 4.78 is 42.9. The minimum Gasteiger partial charge on any atom is -0.354 e. The second-order valence-corrected chi connectivity index (χ2v) is 13.6. The van der Waals surface area contributed by atoms with Gasteiger partial charge in [0.2, 0.25) is 11.8 Å². The van der Waals surface area contributed by atoms with E-state index in [2.05, 4.69) is 5.32 Å². The smallest absolute Gasteiger partial charge is 0.264 e. The van der Waals surface area contributed by atoms with Gasteiger partial charge < -0.3 is 10.2 Å². The highest BCUT2D eigenvalue weighted by atomic mass is 35.5. The third-order valence-electron chi connectivity index (χ3n) is 7.20. The number of hydrogen-bond donors (Lipinski definition) is 1. The zero-order valence-electron chi connectivity index (χ0n) is 25.5. The molecule has 0 spiro atoms. The quantitative estimate of drug-likeness (QED) is 0.182. The lowest BCUT2D eigenvalue weighted by Crippen LogP contribution is -2.53. The standard InChI is InChI=1S/C35H37ClFN3O4S/c1-25(2)22-38-35(42)33(21-27-8-5-4-6-9-27)39(23-28-10-7-11-29(36)20-28)34(41)24-40(31-16-14-30(37)15-17-31)45(43,44)32-18-12-26(3)13-19-32/h4-20,25,33H,21-24H2,1-3H3,(H,38,42)/t33-/m0/s1. The third kappa shape index (κ3) is 9.15.